The highest BCUT2D eigenvalue weighted by Crippen LogP contribution is 2.17. The first-order valence-corrected chi connectivity index (χ1v) is 5.98. The number of pyridine rings is 1. The molecule has 1 aromatic heterocycles. The first-order chi connectivity index (χ1) is 8.41. The van der Waals surface area contributed by atoms with Crippen LogP contribution < -0.4 is 5.32 Å². The largest absolute Gasteiger partial charge is 0.369 e. The van der Waals surface area contributed by atoms with Crippen LogP contribution in [0.2, 0.25) is 0 Å². The van der Waals surface area contributed by atoms with Gasteiger partial charge in [-0.2, -0.15) is 0 Å². The van der Waals surface area contributed by atoms with Crippen LogP contribution in [0.3, 0.4) is 0 Å². The summed E-state index contributed by atoms with van der Waals surface area (Å²) < 4.78 is 0. The monoisotopic (exact) mass is 252 g/mol. The minimum Gasteiger partial charge on any atom is -0.369 e. The van der Waals surface area contributed by atoms with Crippen LogP contribution in [-0.2, 0) is 0 Å². The molecule has 1 rings (SSSR count). The lowest BCUT2D eigenvalue weighted by molar-refractivity contribution is -0.385. The minimum absolute atomic E-state index is 0.0554. The standard InChI is InChI=1S/C12H20N4O2/c1-9(2)15(4)8-7-13-12-6-5-11(16(17)18)10(3)14-12/h5-6,9H,7-8H2,1-4H3,(H,13,14). The summed E-state index contributed by atoms with van der Waals surface area (Å²) in [5.74, 6) is 0.676. The van der Waals surface area contributed by atoms with Crippen molar-refractivity contribution in [2.75, 3.05) is 25.5 Å². The average Bonchev–Trinajstić information content (AvgIpc) is 2.28. The van der Waals surface area contributed by atoms with Crippen molar-refractivity contribution in [1.82, 2.24) is 9.88 Å². The summed E-state index contributed by atoms with van der Waals surface area (Å²) in [5, 5.41) is 13.8. The second-order valence-electron chi connectivity index (χ2n) is 4.56. The Morgan fingerprint density at radius 2 is 2.17 bits per heavy atom. The second-order valence-corrected chi connectivity index (χ2v) is 4.56. The van der Waals surface area contributed by atoms with Crippen molar-refractivity contribution in [1.29, 1.82) is 0 Å². The first kappa shape index (κ1) is 14.4. The Balaban J connectivity index is 2.54. The molecule has 0 aliphatic carbocycles. The normalized spacial score (nSPS) is 11.0. The van der Waals surface area contributed by atoms with Crippen molar-refractivity contribution in [2.24, 2.45) is 0 Å². The van der Waals surface area contributed by atoms with Gasteiger partial charge >= 0.3 is 0 Å². The number of hydrogen-bond donors (Lipinski definition) is 1. The van der Waals surface area contributed by atoms with Crippen LogP contribution in [0.4, 0.5) is 11.5 Å². The van der Waals surface area contributed by atoms with E-state index in [9.17, 15) is 10.1 Å². The number of likely N-dealkylation sites (N-methyl/N-ethyl adjacent to an activating group) is 1. The van der Waals surface area contributed by atoms with E-state index in [2.05, 4.69) is 36.1 Å². The molecular formula is C12H20N4O2. The van der Waals surface area contributed by atoms with Gasteiger partial charge in [-0.05, 0) is 33.9 Å². The Labute approximate surface area is 107 Å². The van der Waals surface area contributed by atoms with E-state index in [0.717, 1.165) is 13.1 Å². The first-order valence-electron chi connectivity index (χ1n) is 5.98. The van der Waals surface area contributed by atoms with Crippen molar-refractivity contribution >= 4 is 11.5 Å². The smallest absolute Gasteiger partial charge is 0.290 e. The number of nitro groups is 1. The predicted molar refractivity (Wildman–Crippen MR) is 71.9 cm³/mol. The molecule has 0 atom stereocenters. The fourth-order valence-electron chi connectivity index (χ4n) is 1.46. The highest BCUT2D eigenvalue weighted by atomic mass is 16.6. The van der Waals surface area contributed by atoms with Crippen molar-refractivity contribution in [3.05, 3.63) is 27.9 Å². The van der Waals surface area contributed by atoms with Crippen molar-refractivity contribution < 1.29 is 4.92 Å². The molecule has 0 amide bonds. The Kier molecular flexibility index (Phi) is 5.03. The molecule has 1 aromatic rings. The van der Waals surface area contributed by atoms with E-state index in [4.69, 9.17) is 0 Å². The summed E-state index contributed by atoms with van der Waals surface area (Å²) in [6.45, 7) is 7.57. The Hall–Kier alpha value is -1.69. The quantitative estimate of drug-likeness (QED) is 0.619. The number of hydrogen-bond acceptors (Lipinski definition) is 5. The molecule has 100 valence electrons. The van der Waals surface area contributed by atoms with Gasteiger partial charge < -0.3 is 10.2 Å². The third kappa shape index (κ3) is 3.96. The molecule has 6 nitrogen and oxygen atoms in total. The van der Waals surface area contributed by atoms with Gasteiger partial charge in [0, 0.05) is 25.2 Å². The van der Waals surface area contributed by atoms with Crippen LogP contribution in [0, 0.1) is 17.0 Å². The van der Waals surface area contributed by atoms with Gasteiger partial charge in [0.25, 0.3) is 5.69 Å². The average molecular weight is 252 g/mol. The predicted octanol–water partition coefficient (Wildman–Crippen LogP) is 2.05. The molecule has 0 saturated heterocycles. The molecule has 0 fully saturated rings. The van der Waals surface area contributed by atoms with E-state index in [1.165, 1.54) is 6.07 Å². The number of aromatic nitrogens is 1. The summed E-state index contributed by atoms with van der Waals surface area (Å²) >= 11 is 0. The second kappa shape index (κ2) is 6.30. The Morgan fingerprint density at radius 3 is 2.67 bits per heavy atom. The summed E-state index contributed by atoms with van der Waals surface area (Å²) in [6.07, 6.45) is 0. The Bertz CT molecular complexity index is 421. The van der Waals surface area contributed by atoms with E-state index < -0.39 is 4.92 Å². The van der Waals surface area contributed by atoms with Crippen molar-refractivity contribution in [2.45, 2.75) is 26.8 Å². The highest BCUT2D eigenvalue weighted by Gasteiger charge is 2.11. The maximum absolute atomic E-state index is 10.6. The number of anilines is 1. The van der Waals surface area contributed by atoms with E-state index in [1.54, 1.807) is 13.0 Å². The maximum Gasteiger partial charge on any atom is 0.290 e. The molecule has 0 aliphatic heterocycles. The molecule has 1 N–H and O–H groups in total. The zero-order valence-corrected chi connectivity index (χ0v) is 11.3. The third-order valence-electron chi connectivity index (χ3n) is 2.91. The lowest BCUT2D eigenvalue weighted by atomic mass is 10.3. The molecule has 1 heterocycles. The third-order valence-corrected chi connectivity index (χ3v) is 2.91. The van der Waals surface area contributed by atoms with Crippen LogP contribution in [0.15, 0.2) is 12.1 Å². The van der Waals surface area contributed by atoms with Gasteiger partial charge in [-0.1, -0.05) is 0 Å². The number of nitrogens with one attached hydrogen (secondary N) is 1. The van der Waals surface area contributed by atoms with Crippen LogP contribution in [0.1, 0.15) is 19.5 Å². The summed E-state index contributed by atoms with van der Waals surface area (Å²) in [6, 6.07) is 3.62. The van der Waals surface area contributed by atoms with Crippen molar-refractivity contribution in [3.8, 4) is 0 Å². The summed E-state index contributed by atoms with van der Waals surface area (Å²) in [7, 11) is 2.06. The van der Waals surface area contributed by atoms with Crippen LogP contribution in [-0.4, -0.2) is 41.0 Å². The minimum atomic E-state index is -0.418. The molecule has 18 heavy (non-hydrogen) atoms. The molecule has 0 aliphatic rings. The van der Waals surface area contributed by atoms with E-state index in [1.807, 2.05) is 0 Å². The summed E-state index contributed by atoms with van der Waals surface area (Å²) in [5.41, 5.74) is 0.488. The van der Waals surface area contributed by atoms with Crippen LogP contribution in [0.25, 0.3) is 0 Å². The fourth-order valence-corrected chi connectivity index (χ4v) is 1.46. The number of aryl methyl sites for hydroxylation is 1. The van der Waals surface area contributed by atoms with E-state index in [0.29, 0.717) is 17.6 Å². The topological polar surface area (TPSA) is 71.3 Å². The molecule has 6 heteroatoms. The Morgan fingerprint density at radius 1 is 1.50 bits per heavy atom. The molecule has 0 spiro atoms. The summed E-state index contributed by atoms with van der Waals surface area (Å²) in [4.78, 5) is 16.6. The zero-order valence-electron chi connectivity index (χ0n) is 11.3. The fraction of sp³-hybridized carbons (Fsp3) is 0.583. The molecule has 0 aromatic carbocycles. The van der Waals surface area contributed by atoms with Crippen molar-refractivity contribution in [3.63, 3.8) is 0 Å². The molecule has 0 bridgehead atoms. The van der Waals surface area contributed by atoms with E-state index in [-0.39, 0.29) is 5.69 Å². The maximum atomic E-state index is 10.6. The van der Waals surface area contributed by atoms with Gasteiger partial charge in [0.15, 0.2) is 0 Å². The molecule has 0 radical (unpaired) electrons. The van der Waals surface area contributed by atoms with Gasteiger partial charge in [-0.3, -0.25) is 10.1 Å². The number of nitrogens with zero attached hydrogens (tertiary/aromatic N) is 3. The molecule has 0 unspecified atom stereocenters. The number of rotatable bonds is 6. The molecule has 0 saturated carbocycles. The zero-order chi connectivity index (χ0) is 13.7. The lowest BCUT2D eigenvalue weighted by Gasteiger charge is -2.21. The van der Waals surface area contributed by atoms with Gasteiger partial charge in [0.1, 0.15) is 11.5 Å². The molecular weight excluding hydrogens is 232 g/mol. The van der Waals surface area contributed by atoms with Gasteiger partial charge in [-0.15, -0.1) is 0 Å². The SMILES string of the molecule is Cc1nc(NCCN(C)C(C)C)ccc1[N+](=O)[O-]. The van der Waals surface area contributed by atoms with Gasteiger partial charge in [-0.25, -0.2) is 4.98 Å². The van der Waals surface area contributed by atoms with Crippen LogP contribution >= 0.6 is 0 Å². The highest BCUT2D eigenvalue weighted by molar-refractivity contribution is 5.44. The van der Waals surface area contributed by atoms with Gasteiger partial charge in [0.05, 0.1) is 4.92 Å². The van der Waals surface area contributed by atoms with E-state index >= 15 is 0 Å². The van der Waals surface area contributed by atoms with Gasteiger partial charge in [0.2, 0.25) is 0 Å². The van der Waals surface area contributed by atoms with Crippen LogP contribution in [0.5, 0.6) is 0 Å². The lowest BCUT2D eigenvalue weighted by Crippen LogP contribution is -2.31.